The highest BCUT2D eigenvalue weighted by Gasteiger charge is 2.49. The first-order chi connectivity index (χ1) is 16.9. The minimum Gasteiger partial charge on any atom is -0.506 e. The van der Waals surface area contributed by atoms with Crippen LogP contribution in [0.3, 0.4) is 0 Å². The number of carbonyl (C=O) groups excluding carboxylic acids is 3. The summed E-state index contributed by atoms with van der Waals surface area (Å²) in [5, 5.41) is 10.1. The Morgan fingerprint density at radius 3 is 2.14 bits per heavy atom. The number of pyridine rings is 1. The fourth-order valence-electron chi connectivity index (χ4n) is 3.65. The molecule has 1 aliphatic rings. The lowest BCUT2D eigenvalue weighted by Crippen LogP contribution is -2.60. The quantitative estimate of drug-likeness (QED) is 0.357. The van der Waals surface area contributed by atoms with Crippen LogP contribution >= 0.6 is 0 Å². The zero-order valence-corrected chi connectivity index (χ0v) is 20.3. The Morgan fingerprint density at radius 1 is 1.00 bits per heavy atom. The molecular weight excluding hydrogens is 486 g/mol. The molecule has 1 aliphatic heterocycles. The summed E-state index contributed by atoms with van der Waals surface area (Å²) in [5.74, 6) is -2.94. The van der Waals surface area contributed by atoms with E-state index in [0.717, 1.165) is 25.3 Å². The summed E-state index contributed by atoms with van der Waals surface area (Å²) in [4.78, 5) is 70.9. The van der Waals surface area contributed by atoms with Crippen LogP contribution in [0.1, 0.15) is 26.3 Å². The lowest BCUT2D eigenvalue weighted by atomic mass is 10.0. The van der Waals surface area contributed by atoms with Crippen molar-refractivity contribution in [2.75, 3.05) is 13.7 Å². The van der Waals surface area contributed by atoms with Crippen LogP contribution in [0.25, 0.3) is 11.0 Å². The number of nitrogens with zero attached hydrogens (tertiary/aromatic N) is 3. The third-order valence-corrected chi connectivity index (χ3v) is 5.22. The molecule has 0 aromatic carbocycles. The summed E-state index contributed by atoms with van der Waals surface area (Å²) in [6.07, 6.45) is -5.67. The first-order valence-electron chi connectivity index (χ1n) is 10.6. The van der Waals surface area contributed by atoms with Gasteiger partial charge in [0.15, 0.2) is 17.9 Å². The third-order valence-electron chi connectivity index (χ3n) is 5.22. The standard InChI is InChI=1S/C21H25N3O12/c1-8-14(28)13-17(22-21(31-6)23(5)19(13)30)24(18(8)29)36-20-16(35-11(4)27)15(34-10(3)26)12(7-32-20)33-9(2)25/h12,15-16,20,28H,7H2,1-6H3/t12?,15-,16?,20+/m1/s1. The first-order valence-corrected chi connectivity index (χ1v) is 10.6. The van der Waals surface area contributed by atoms with Gasteiger partial charge < -0.3 is 33.6 Å². The minimum absolute atomic E-state index is 0.207. The fourth-order valence-corrected chi connectivity index (χ4v) is 3.65. The van der Waals surface area contributed by atoms with Gasteiger partial charge in [-0.15, -0.1) is 4.73 Å². The Bertz CT molecular complexity index is 1330. The normalized spacial score (nSPS) is 21.5. The van der Waals surface area contributed by atoms with Crippen molar-refractivity contribution in [2.45, 2.75) is 52.3 Å². The predicted molar refractivity (Wildman–Crippen MR) is 117 cm³/mol. The molecule has 1 N–H and O–H groups in total. The van der Waals surface area contributed by atoms with E-state index in [9.17, 15) is 29.1 Å². The molecule has 2 aromatic rings. The van der Waals surface area contributed by atoms with Gasteiger partial charge in [0.05, 0.1) is 19.3 Å². The van der Waals surface area contributed by atoms with E-state index in [2.05, 4.69) is 4.98 Å². The number of hydrogen-bond donors (Lipinski definition) is 1. The second kappa shape index (κ2) is 10.2. The summed E-state index contributed by atoms with van der Waals surface area (Å²) >= 11 is 0. The maximum atomic E-state index is 13.0. The van der Waals surface area contributed by atoms with Gasteiger partial charge in [0.2, 0.25) is 6.10 Å². The first kappa shape index (κ1) is 26.5. The second-order valence-electron chi connectivity index (χ2n) is 7.84. The molecule has 0 saturated carbocycles. The Labute approximate surface area is 203 Å². The highest BCUT2D eigenvalue weighted by atomic mass is 16.8. The number of fused-ring (bicyclic) bond motifs is 1. The molecule has 3 rings (SSSR count). The van der Waals surface area contributed by atoms with Crippen molar-refractivity contribution in [3.05, 3.63) is 26.3 Å². The molecule has 0 spiro atoms. The van der Waals surface area contributed by atoms with Gasteiger partial charge in [0, 0.05) is 27.8 Å². The van der Waals surface area contributed by atoms with Crippen molar-refractivity contribution in [3.8, 4) is 11.8 Å². The molecule has 3 heterocycles. The Hall–Kier alpha value is -4.14. The molecule has 2 unspecified atom stereocenters. The van der Waals surface area contributed by atoms with E-state index < -0.39 is 65.0 Å². The summed E-state index contributed by atoms with van der Waals surface area (Å²) in [7, 11) is 2.59. The highest BCUT2D eigenvalue weighted by molar-refractivity contribution is 5.82. The lowest BCUT2D eigenvalue weighted by Gasteiger charge is -2.39. The van der Waals surface area contributed by atoms with Crippen LogP contribution in [-0.2, 0) is 40.4 Å². The van der Waals surface area contributed by atoms with Gasteiger partial charge >= 0.3 is 23.9 Å². The Morgan fingerprint density at radius 2 is 1.58 bits per heavy atom. The van der Waals surface area contributed by atoms with Crippen LogP contribution in [0, 0.1) is 6.92 Å². The third kappa shape index (κ3) is 4.95. The van der Waals surface area contributed by atoms with E-state index in [1.807, 2.05) is 0 Å². The smallest absolute Gasteiger partial charge is 0.303 e. The summed E-state index contributed by atoms with van der Waals surface area (Å²) < 4.78 is 27.9. The van der Waals surface area contributed by atoms with Gasteiger partial charge in [-0.2, -0.15) is 4.98 Å². The van der Waals surface area contributed by atoms with Crippen LogP contribution in [0.5, 0.6) is 11.8 Å². The fraction of sp³-hybridized carbons (Fsp3) is 0.524. The molecule has 15 nitrogen and oxygen atoms in total. The minimum atomic E-state index is -1.60. The van der Waals surface area contributed by atoms with E-state index in [1.54, 1.807) is 0 Å². The molecular formula is C21H25N3O12. The molecule has 36 heavy (non-hydrogen) atoms. The van der Waals surface area contributed by atoms with E-state index in [0.29, 0.717) is 4.73 Å². The van der Waals surface area contributed by atoms with Crippen molar-refractivity contribution in [1.82, 2.24) is 14.3 Å². The van der Waals surface area contributed by atoms with Crippen LogP contribution in [0.4, 0.5) is 0 Å². The Kier molecular flexibility index (Phi) is 7.52. The molecule has 1 saturated heterocycles. The highest BCUT2D eigenvalue weighted by Crippen LogP contribution is 2.26. The van der Waals surface area contributed by atoms with Gasteiger partial charge in [0.25, 0.3) is 17.4 Å². The SMILES string of the molecule is COc1nc2c(c(O)c(C)c(=O)n2O[C@@H]2OCC(OC(C)=O)[C@@H](OC(C)=O)C2OC(C)=O)c(=O)n1C. The van der Waals surface area contributed by atoms with Crippen molar-refractivity contribution < 1.29 is 48.0 Å². The van der Waals surface area contributed by atoms with Gasteiger partial charge in [-0.1, -0.05) is 0 Å². The molecule has 1 fully saturated rings. The van der Waals surface area contributed by atoms with Crippen molar-refractivity contribution in [3.63, 3.8) is 0 Å². The van der Waals surface area contributed by atoms with E-state index in [4.69, 9.17) is 28.5 Å². The van der Waals surface area contributed by atoms with E-state index in [-0.39, 0.29) is 23.6 Å². The largest absolute Gasteiger partial charge is 0.506 e. The van der Waals surface area contributed by atoms with E-state index in [1.165, 1.54) is 21.1 Å². The number of carbonyl (C=O) groups is 3. The molecule has 0 amide bonds. The number of aromatic hydroxyl groups is 1. The van der Waals surface area contributed by atoms with Crippen molar-refractivity contribution >= 4 is 28.9 Å². The molecule has 4 atom stereocenters. The number of esters is 3. The van der Waals surface area contributed by atoms with Gasteiger partial charge in [-0.05, 0) is 6.92 Å². The van der Waals surface area contributed by atoms with Crippen LogP contribution in [0.2, 0.25) is 0 Å². The number of ether oxygens (including phenoxy) is 5. The van der Waals surface area contributed by atoms with Crippen LogP contribution < -0.4 is 20.7 Å². The predicted octanol–water partition coefficient (Wildman–Crippen LogP) is -1.30. The van der Waals surface area contributed by atoms with Gasteiger partial charge in [-0.25, -0.2) is 0 Å². The number of hydrogen-bond acceptors (Lipinski definition) is 13. The topological polar surface area (TPSA) is 184 Å². The summed E-state index contributed by atoms with van der Waals surface area (Å²) in [5.41, 5.74) is -2.33. The second-order valence-corrected chi connectivity index (χ2v) is 7.84. The van der Waals surface area contributed by atoms with Gasteiger partial charge in [0.1, 0.15) is 11.1 Å². The monoisotopic (exact) mass is 511 g/mol. The summed E-state index contributed by atoms with van der Waals surface area (Å²) in [6, 6.07) is -0.207. The van der Waals surface area contributed by atoms with E-state index >= 15 is 0 Å². The number of rotatable bonds is 6. The average Bonchev–Trinajstić information content (AvgIpc) is 2.79. The lowest BCUT2D eigenvalue weighted by molar-refractivity contribution is -0.280. The van der Waals surface area contributed by atoms with Crippen LogP contribution in [0.15, 0.2) is 9.59 Å². The molecule has 0 bridgehead atoms. The number of aromatic nitrogens is 3. The molecule has 0 aliphatic carbocycles. The average molecular weight is 511 g/mol. The molecule has 15 heteroatoms. The maximum absolute atomic E-state index is 13.0. The summed E-state index contributed by atoms with van der Waals surface area (Å²) in [6.45, 7) is 4.17. The zero-order chi connectivity index (χ0) is 26.9. The van der Waals surface area contributed by atoms with Gasteiger partial charge in [-0.3, -0.25) is 28.5 Å². The van der Waals surface area contributed by atoms with Crippen molar-refractivity contribution in [1.29, 1.82) is 0 Å². The zero-order valence-electron chi connectivity index (χ0n) is 20.3. The molecule has 2 aromatic heterocycles. The maximum Gasteiger partial charge on any atom is 0.303 e. The van der Waals surface area contributed by atoms with Crippen LogP contribution in [-0.4, -0.2) is 75.6 Å². The number of methoxy groups -OCH3 is 1. The molecule has 0 radical (unpaired) electrons. The molecule has 196 valence electrons. The Balaban J connectivity index is 2.18. The van der Waals surface area contributed by atoms with Crippen molar-refractivity contribution in [2.24, 2.45) is 7.05 Å².